The van der Waals surface area contributed by atoms with E-state index in [9.17, 15) is 0 Å². The van der Waals surface area contributed by atoms with Gasteiger partial charge in [-0.1, -0.05) is 75.0 Å². The average molecular weight is 315 g/mol. The van der Waals surface area contributed by atoms with Crippen molar-refractivity contribution in [3.63, 3.8) is 0 Å². The summed E-state index contributed by atoms with van der Waals surface area (Å²) in [6, 6.07) is 17.5. The lowest BCUT2D eigenvalue weighted by Gasteiger charge is -2.31. The van der Waals surface area contributed by atoms with Crippen LogP contribution in [0.4, 0.5) is 0 Å². The van der Waals surface area contributed by atoms with Gasteiger partial charge in [0.05, 0.1) is 6.04 Å². The maximum Gasteiger partial charge on any atom is 0.0729 e. The van der Waals surface area contributed by atoms with Gasteiger partial charge in [0.1, 0.15) is 0 Å². The summed E-state index contributed by atoms with van der Waals surface area (Å²) in [6.45, 7) is 8.50. The van der Waals surface area contributed by atoms with Crippen LogP contribution in [0.2, 0.25) is 0 Å². The van der Waals surface area contributed by atoms with Crippen molar-refractivity contribution in [2.75, 3.05) is 7.05 Å². The number of rotatable bonds is 4. The van der Waals surface area contributed by atoms with Crippen LogP contribution in [0.25, 0.3) is 17.2 Å². The van der Waals surface area contributed by atoms with E-state index in [4.69, 9.17) is 0 Å². The first-order valence-electron chi connectivity index (χ1n) is 8.54. The van der Waals surface area contributed by atoms with E-state index < -0.39 is 0 Å². The standard InChI is InChI=1S/C23H25N/c1-5-18-11-12-21(19-9-7-6-8-10-19)15-22(18)23-16-20(17(2)3)13-14-24(23)4/h5-17,23H,1H2,2-4H3. The van der Waals surface area contributed by atoms with Crippen LogP contribution in [0.3, 0.4) is 0 Å². The van der Waals surface area contributed by atoms with Crippen molar-refractivity contribution in [3.05, 3.63) is 90.2 Å². The van der Waals surface area contributed by atoms with E-state index >= 15 is 0 Å². The summed E-state index contributed by atoms with van der Waals surface area (Å²) >= 11 is 0. The highest BCUT2D eigenvalue weighted by molar-refractivity contribution is 5.68. The molecule has 0 spiro atoms. The van der Waals surface area contributed by atoms with Crippen LogP contribution in [0.5, 0.6) is 0 Å². The molecule has 1 heteroatoms. The monoisotopic (exact) mass is 315 g/mol. The van der Waals surface area contributed by atoms with Crippen LogP contribution in [0.1, 0.15) is 31.0 Å². The molecule has 0 bridgehead atoms. The van der Waals surface area contributed by atoms with Crippen LogP contribution in [0.15, 0.2) is 79.0 Å². The summed E-state index contributed by atoms with van der Waals surface area (Å²) < 4.78 is 0. The van der Waals surface area contributed by atoms with Gasteiger partial charge in [-0.25, -0.2) is 0 Å². The second-order valence-corrected chi connectivity index (χ2v) is 6.66. The molecular weight excluding hydrogens is 290 g/mol. The van der Waals surface area contributed by atoms with E-state index in [1.807, 2.05) is 6.08 Å². The Labute approximate surface area is 145 Å². The SMILES string of the molecule is C=Cc1ccc(-c2ccccc2)cc1C1C=C(C(C)C)C=CN1C. The fourth-order valence-corrected chi connectivity index (χ4v) is 3.17. The summed E-state index contributed by atoms with van der Waals surface area (Å²) in [6.07, 6.45) is 8.73. The molecule has 1 atom stereocenters. The Balaban J connectivity index is 2.09. The lowest BCUT2D eigenvalue weighted by atomic mass is 9.90. The van der Waals surface area contributed by atoms with E-state index in [0.29, 0.717) is 5.92 Å². The molecule has 2 aromatic rings. The van der Waals surface area contributed by atoms with Gasteiger partial charge in [-0.15, -0.1) is 0 Å². The van der Waals surface area contributed by atoms with Crippen molar-refractivity contribution in [1.82, 2.24) is 4.90 Å². The van der Waals surface area contributed by atoms with Gasteiger partial charge in [-0.3, -0.25) is 0 Å². The molecule has 0 radical (unpaired) electrons. The molecule has 0 fully saturated rings. The quantitative estimate of drug-likeness (QED) is 0.661. The summed E-state index contributed by atoms with van der Waals surface area (Å²) in [7, 11) is 2.14. The topological polar surface area (TPSA) is 3.24 Å². The fraction of sp³-hybridized carbons (Fsp3) is 0.217. The van der Waals surface area contributed by atoms with Crippen LogP contribution in [0, 0.1) is 5.92 Å². The zero-order valence-corrected chi connectivity index (χ0v) is 14.7. The van der Waals surface area contributed by atoms with Crippen LogP contribution < -0.4 is 0 Å². The molecule has 2 aromatic carbocycles. The van der Waals surface area contributed by atoms with Gasteiger partial charge in [0.2, 0.25) is 0 Å². The number of hydrogen-bond donors (Lipinski definition) is 0. The molecule has 0 saturated heterocycles. The molecule has 1 aliphatic rings. The van der Waals surface area contributed by atoms with Crippen molar-refractivity contribution in [3.8, 4) is 11.1 Å². The molecule has 0 aliphatic carbocycles. The molecule has 0 amide bonds. The minimum atomic E-state index is 0.240. The van der Waals surface area contributed by atoms with Gasteiger partial charge in [-0.05, 0) is 52.1 Å². The molecule has 24 heavy (non-hydrogen) atoms. The Morgan fingerprint density at radius 3 is 2.46 bits per heavy atom. The normalized spacial score (nSPS) is 17.1. The van der Waals surface area contributed by atoms with Crippen molar-refractivity contribution >= 4 is 6.08 Å². The minimum Gasteiger partial charge on any atom is -0.370 e. The Hall–Kier alpha value is -2.54. The Morgan fingerprint density at radius 1 is 1.04 bits per heavy atom. The molecule has 1 heterocycles. The third kappa shape index (κ3) is 3.21. The highest BCUT2D eigenvalue weighted by atomic mass is 15.1. The number of benzene rings is 2. The fourth-order valence-electron chi connectivity index (χ4n) is 3.17. The summed E-state index contributed by atoms with van der Waals surface area (Å²) in [5.41, 5.74) is 6.38. The smallest absolute Gasteiger partial charge is 0.0729 e. The molecular formula is C23H25N. The highest BCUT2D eigenvalue weighted by Gasteiger charge is 2.20. The molecule has 0 saturated carbocycles. The second kappa shape index (κ2) is 6.92. The van der Waals surface area contributed by atoms with E-state index in [2.05, 4.69) is 99.3 Å². The van der Waals surface area contributed by atoms with Gasteiger partial charge >= 0.3 is 0 Å². The summed E-state index contributed by atoms with van der Waals surface area (Å²) in [5, 5.41) is 0. The van der Waals surface area contributed by atoms with Gasteiger partial charge in [0.15, 0.2) is 0 Å². The molecule has 1 nitrogen and oxygen atoms in total. The number of nitrogens with zero attached hydrogens (tertiary/aromatic N) is 1. The van der Waals surface area contributed by atoms with Crippen molar-refractivity contribution in [2.24, 2.45) is 5.92 Å². The molecule has 0 N–H and O–H groups in total. The predicted molar refractivity (Wildman–Crippen MR) is 105 cm³/mol. The van der Waals surface area contributed by atoms with Crippen LogP contribution in [-0.2, 0) is 0 Å². The van der Waals surface area contributed by atoms with Gasteiger partial charge < -0.3 is 4.90 Å². The third-order valence-electron chi connectivity index (χ3n) is 4.69. The first-order chi connectivity index (χ1) is 11.6. The lowest BCUT2D eigenvalue weighted by molar-refractivity contribution is 0.384. The number of allylic oxidation sites excluding steroid dienone is 2. The maximum absolute atomic E-state index is 4.01. The van der Waals surface area contributed by atoms with Crippen LogP contribution >= 0.6 is 0 Å². The third-order valence-corrected chi connectivity index (χ3v) is 4.69. The minimum absolute atomic E-state index is 0.240. The Bertz CT molecular complexity index is 781. The summed E-state index contributed by atoms with van der Waals surface area (Å²) in [5.74, 6) is 0.530. The zero-order valence-electron chi connectivity index (χ0n) is 14.7. The Kier molecular flexibility index (Phi) is 4.71. The van der Waals surface area contributed by atoms with Gasteiger partial charge in [0.25, 0.3) is 0 Å². The number of likely N-dealkylation sites (N-methyl/N-ethyl adjacent to an activating group) is 1. The molecule has 0 aromatic heterocycles. The van der Waals surface area contributed by atoms with Crippen molar-refractivity contribution < 1.29 is 0 Å². The van der Waals surface area contributed by atoms with Gasteiger partial charge in [0, 0.05) is 7.05 Å². The Morgan fingerprint density at radius 2 is 1.79 bits per heavy atom. The zero-order chi connectivity index (χ0) is 17.1. The number of hydrogen-bond acceptors (Lipinski definition) is 1. The van der Waals surface area contributed by atoms with E-state index in [1.165, 1.54) is 27.8 Å². The second-order valence-electron chi connectivity index (χ2n) is 6.66. The van der Waals surface area contributed by atoms with E-state index in [0.717, 1.165) is 0 Å². The largest absolute Gasteiger partial charge is 0.370 e. The maximum atomic E-state index is 4.01. The highest BCUT2D eigenvalue weighted by Crippen LogP contribution is 2.34. The molecule has 3 rings (SSSR count). The predicted octanol–water partition coefficient (Wildman–Crippen LogP) is 6.08. The first kappa shape index (κ1) is 16.3. The van der Waals surface area contributed by atoms with E-state index in [-0.39, 0.29) is 6.04 Å². The van der Waals surface area contributed by atoms with Crippen molar-refractivity contribution in [1.29, 1.82) is 0 Å². The lowest BCUT2D eigenvalue weighted by Crippen LogP contribution is -2.21. The molecule has 122 valence electrons. The average Bonchev–Trinajstić information content (AvgIpc) is 2.62. The molecule has 1 unspecified atom stereocenters. The van der Waals surface area contributed by atoms with E-state index in [1.54, 1.807) is 0 Å². The first-order valence-corrected chi connectivity index (χ1v) is 8.54. The summed E-state index contributed by atoms with van der Waals surface area (Å²) in [4.78, 5) is 2.27. The van der Waals surface area contributed by atoms with Crippen molar-refractivity contribution in [2.45, 2.75) is 19.9 Å². The van der Waals surface area contributed by atoms with Gasteiger partial charge in [-0.2, -0.15) is 0 Å². The van der Waals surface area contributed by atoms with Crippen LogP contribution in [-0.4, -0.2) is 11.9 Å². The molecule has 1 aliphatic heterocycles.